The SMILES string of the molecule is CC(C)c1ccccc1-c1cc2cnc(Cl)cc2n1COCC[Si](C)(C)C. The first kappa shape index (κ1) is 20.1. The summed E-state index contributed by atoms with van der Waals surface area (Å²) < 4.78 is 8.33. The number of benzene rings is 1. The fraction of sp³-hybridized carbons (Fsp3) is 0.409. The van der Waals surface area contributed by atoms with E-state index in [1.54, 1.807) is 0 Å². The van der Waals surface area contributed by atoms with Gasteiger partial charge in [-0.05, 0) is 29.7 Å². The van der Waals surface area contributed by atoms with Crippen molar-refractivity contribution in [3.8, 4) is 11.3 Å². The van der Waals surface area contributed by atoms with Crippen molar-refractivity contribution in [3.05, 3.63) is 53.3 Å². The van der Waals surface area contributed by atoms with Crippen molar-refractivity contribution in [3.63, 3.8) is 0 Å². The topological polar surface area (TPSA) is 27.1 Å². The van der Waals surface area contributed by atoms with E-state index in [0.717, 1.165) is 29.2 Å². The lowest BCUT2D eigenvalue weighted by Gasteiger charge is -2.18. The molecule has 0 unspecified atom stereocenters. The van der Waals surface area contributed by atoms with Crippen molar-refractivity contribution in [1.82, 2.24) is 9.55 Å². The Morgan fingerprint density at radius 2 is 1.89 bits per heavy atom. The summed E-state index contributed by atoms with van der Waals surface area (Å²) in [5, 5.41) is 1.59. The Hall–Kier alpha value is -1.62. The van der Waals surface area contributed by atoms with Crippen LogP contribution < -0.4 is 0 Å². The minimum Gasteiger partial charge on any atom is -0.361 e. The molecule has 2 heterocycles. The molecule has 0 aliphatic heterocycles. The van der Waals surface area contributed by atoms with Gasteiger partial charge in [-0.25, -0.2) is 4.98 Å². The molecule has 0 fully saturated rings. The van der Waals surface area contributed by atoms with Gasteiger partial charge < -0.3 is 9.30 Å². The summed E-state index contributed by atoms with van der Waals surface area (Å²) >= 11 is 6.19. The van der Waals surface area contributed by atoms with Gasteiger partial charge in [0.15, 0.2) is 0 Å². The number of hydrogen-bond donors (Lipinski definition) is 0. The average molecular weight is 401 g/mol. The molecule has 5 heteroatoms. The first-order valence-corrected chi connectivity index (χ1v) is 13.7. The van der Waals surface area contributed by atoms with Crippen LogP contribution in [0.2, 0.25) is 30.8 Å². The van der Waals surface area contributed by atoms with Gasteiger partial charge in [-0.2, -0.15) is 0 Å². The zero-order chi connectivity index (χ0) is 19.6. The normalized spacial score (nSPS) is 12.3. The Balaban J connectivity index is 2.02. The molecule has 3 rings (SSSR count). The molecule has 1 aromatic carbocycles. The molecule has 27 heavy (non-hydrogen) atoms. The minimum absolute atomic E-state index is 0.446. The van der Waals surface area contributed by atoms with E-state index in [1.165, 1.54) is 11.1 Å². The quantitative estimate of drug-likeness (QED) is 0.248. The standard InChI is InChI=1S/C22H29ClN2OSi/c1-16(2)18-8-6-7-9-19(18)21-12-17-14-24-22(23)13-20(17)25(21)15-26-10-11-27(3,4)5/h6-9,12-14,16H,10-11,15H2,1-5H3. The van der Waals surface area contributed by atoms with Gasteiger partial charge in [0.1, 0.15) is 11.9 Å². The van der Waals surface area contributed by atoms with Crippen LogP contribution in [0.3, 0.4) is 0 Å². The Kier molecular flexibility index (Phi) is 6.09. The summed E-state index contributed by atoms with van der Waals surface area (Å²) in [6, 6.07) is 13.9. The van der Waals surface area contributed by atoms with Gasteiger partial charge in [-0.3, -0.25) is 0 Å². The molecule has 0 aliphatic carbocycles. The monoisotopic (exact) mass is 400 g/mol. The minimum atomic E-state index is -1.11. The highest BCUT2D eigenvalue weighted by atomic mass is 35.5. The van der Waals surface area contributed by atoms with Crippen LogP contribution in [-0.2, 0) is 11.5 Å². The van der Waals surface area contributed by atoms with Crippen molar-refractivity contribution >= 4 is 30.6 Å². The van der Waals surface area contributed by atoms with Crippen molar-refractivity contribution in [1.29, 1.82) is 0 Å². The predicted molar refractivity (Wildman–Crippen MR) is 118 cm³/mol. The maximum absolute atomic E-state index is 6.19. The molecule has 0 amide bonds. The first-order chi connectivity index (χ1) is 12.8. The molecule has 0 saturated carbocycles. The molecule has 0 saturated heterocycles. The third-order valence-electron chi connectivity index (χ3n) is 4.83. The second-order valence-electron chi connectivity index (χ2n) is 8.61. The van der Waals surface area contributed by atoms with Gasteiger partial charge in [0.05, 0.1) is 11.2 Å². The largest absolute Gasteiger partial charge is 0.361 e. The number of aromatic nitrogens is 2. The van der Waals surface area contributed by atoms with Gasteiger partial charge in [0, 0.05) is 31.8 Å². The molecule has 0 N–H and O–H groups in total. The van der Waals surface area contributed by atoms with Gasteiger partial charge in [-0.1, -0.05) is 69.4 Å². The second-order valence-corrected chi connectivity index (χ2v) is 14.6. The van der Waals surface area contributed by atoms with Crippen LogP contribution in [-0.4, -0.2) is 24.2 Å². The summed E-state index contributed by atoms with van der Waals surface area (Å²) in [5.74, 6) is 0.446. The van der Waals surface area contributed by atoms with Crippen LogP contribution >= 0.6 is 11.6 Å². The second kappa shape index (κ2) is 8.17. The number of rotatable bonds is 7. The maximum atomic E-state index is 6.19. The lowest BCUT2D eigenvalue weighted by atomic mass is 9.95. The van der Waals surface area contributed by atoms with Gasteiger partial charge in [0.2, 0.25) is 0 Å². The van der Waals surface area contributed by atoms with Crippen molar-refractivity contribution < 1.29 is 4.74 Å². The first-order valence-electron chi connectivity index (χ1n) is 9.58. The van der Waals surface area contributed by atoms with E-state index in [4.69, 9.17) is 16.3 Å². The Bertz CT molecular complexity index is 928. The zero-order valence-corrected chi connectivity index (χ0v) is 18.7. The number of hydrogen-bond acceptors (Lipinski definition) is 2. The highest BCUT2D eigenvalue weighted by Crippen LogP contribution is 2.34. The van der Waals surface area contributed by atoms with Gasteiger partial charge >= 0.3 is 0 Å². The molecule has 0 radical (unpaired) electrons. The molecule has 2 aromatic heterocycles. The van der Waals surface area contributed by atoms with Crippen LogP contribution in [0.1, 0.15) is 25.3 Å². The third kappa shape index (κ3) is 4.81. The van der Waals surface area contributed by atoms with Gasteiger partial charge in [0.25, 0.3) is 0 Å². The van der Waals surface area contributed by atoms with Crippen LogP contribution in [0.15, 0.2) is 42.6 Å². The van der Waals surface area contributed by atoms with Crippen molar-refractivity contribution in [2.75, 3.05) is 6.61 Å². The predicted octanol–water partition coefficient (Wildman–Crippen LogP) is 6.79. The van der Waals surface area contributed by atoms with Crippen molar-refractivity contribution in [2.24, 2.45) is 0 Å². The smallest absolute Gasteiger partial charge is 0.131 e. The van der Waals surface area contributed by atoms with E-state index >= 15 is 0 Å². The molecule has 3 nitrogen and oxygen atoms in total. The summed E-state index contributed by atoms with van der Waals surface area (Å²) in [4.78, 5) is 4.26. The zero-order valence-electron chi connectivity index (χ0n) is 16.9. The molecule has 0 spiro atoms. The Labute approximate surface area is 168 Å². The Morgan fingerprint density at radius 1 is 1.15 bits per heavy atom. The number of ether oxygens (including phenoxy) is 1. The highest BCUT2D eigenvalue weighted by Gasteiger charge is 2.17. The van der Waals surface area contributed by atoms with E-state index in [2.05, 4.69) is 73.4 Å². The third-order valence-corrected chi connectivity index (χ3v) is 6.74. The summed E-state index contributed by atoms with van der Waals surface area (Å²) in [6.07, 6.45) is 1.84. The molecule has 0 atom stereocenters. The van der Waals surface area contributed by atoms with Crippen LogP contribution in [0, 0.1) is 0 Å². The molecule has 0 aliphatic rings. The number of nitrogens with zero attached hydrogens (tertiary/aromatic N) is 2. The van der Waals surface area contributed by atoms with Crippen LogP contribution in [0.4, 0.5) is 0 Å². The van der Waals surface area contributed by atoms with Crippen LogP contribution in [0.25, 0.3) is 22.2 Å². The van der Waals surface area contributed by atoms with E-state index in [1.807, 2.05) is 12.3 Å². The number of halogens is 1. The van der Waals surface area contributed by atoms with E-state index in [0.29, 0.717) is 17.8 Å². The number of fused-ring (bicyclic) bond motifs is 1. The average Bonchev–Trinajstić information content (AvgIpc) is 2.95. The fourth-order valence-corrected chi connectivity index (χ4v) is 4.17. The lowest BCUT2D eigenvalue weighted by Crippen LogP contribution is -2.22. The lowest BCUT2D eigenvalue weighted by molar-refractivity contribution is 0.0912. The molecular formula is C22H29ClN2OSi. The van der Waals surface area contributed by atoms with E-state index in [-0.39, 0.29) is 0 Å². The van der Waals surface area contributed by atoms with Crippen LogP contribution in [0.5, 0.6) is 0 Å². The Morgan fingerprint density at radius 3 is 2.59 bits per heavy atom. The van der Waals surface area contributed by atoms with E-state index < -0.39 is 8.07 Å². The molecule has 0 bridgehead atoms. The summed E-state index contributed by atoms with van der Waals surface area (Å²) in [7, 11) is -1.11. The maximum Gasteiger partial charge on any atom is 0.131 e. The van der Waals surface area contributed by atoms with Gasteiger partial charge in [-0.15, -0.1) is 0 Å². The summed E-state index contributed by atoms with van der Waals surface area (Å²) in [5.41, 5.74) is 4.80. The molecule has 144 valence electrons. The highest BCUT2D eigenvalue weighted by molar-refractivity contribution is 6.76. The fourth-order valence-electron chi connectivity index (χ4n) is 3.26. The molecular weight excluding hydrogens is 372 g/mol. The number of pyridine rings is 1. The summed E-state index contributed by atoms with van der Waals surface area (Å²) in [6.45, 7) is 12.9. The molecule has 3 aromatic rings. The van der Waals surface area contributed by atoms with Crippen molar-refractivity contribution in [2.45, 2.75) is 52.2 Å². The van der Waals surface area contributed by atoms with E-state index in [9.17, 15) is 0 Å².